The smallest absolute Gasteiger partial charge is 0.0793 e. The Labute approximate surface area is 43.9 Å². The summed E-state index contributed by atoms with van der Waals surface area (Å²) in [6.07, 6.45) is 2.70. The molecule has 0 aromatic heterocycles. The first kappa shape index (κ1) is 6.66. The van der Waals surface area contributed by atoms with E-state index in [1.54, 1.807) is 6.08 Å². The summed E-state index contributed by atoms with van der Waals surface area (Å²) in [7, 11) is 0. The molecule has 0 aliphatic rings. The van der Waals surface area contributed by atoms with Gasteiger partial charge in [-0.15, -0.1) is 6.58 Å². The molecule has 0 spiro atoms. The van der Waals surface area contributed by atoms with Gasteiger partial charge in [0.2, 0.25) is 0 Å². The minimum absolute atomic E-state index is 0.109. The molecule has 42 valence electrons. The van der Waals surface area contributed by atoms with Crippen LogP contribution in [0.15, 0.2) is 12.7 Å². The molecule has 0 radical (unpaired) electrons. The van der Waals surface area contributed by atoms with Gasteiger partial charge in [0.25, 0.3) is 0 Å². The van der Waals surface area contributed by atoms with Crippen LogP contribution in [0.5, 0.6) is 0 Å². The van der Waals surface area contributed by atoms with Crippen LogP contribution in [0.3, 0.4) is 0 Å². The summed E-state index contributed by atoms with van der Waals surface area (Å²) < 4.78 is 0. The highest BCUT2D eigenvalue weighted by atomic mass is 16.6. The van der Waals surface area contributed by atoms with Crippen molar-refractivity contribution in [3.8, 4) is 0 Å². The molecule has 0 rings (SSSR count). The van der Waals surface area contributed by atoms with Crippen molar-refractivity contribution < 1.29 is 4.84 Å². The fourth-order valence-electron chi connectivity index (χ4n) is 0.290. The molecule has 2 nitrogen and oxygen atoms in total. The normalized spacial score (nSPS) is 13.4. The predicted octanol–water partition coefficient (Wildman–Crippen LogP) is 0.841. The zero-order valence-electron chi connectivity index (χ0n) is 4.55. The van der Waals surface area contributed by atoms with E-state index in [-0.39, 0.29) is 6.10 Å². The fraction of sp³-hybridized carbons (Fsp3) is 0.600. The summed E-state index contributed by atoms with van der Waals surface area (Å²) in [5.74, 6) is 4.81. The third-order valence-electron chi connectivity index (χ3n) is 0.731. The molecule has 7 heavy (non-hydrogen) atoms. The lowest BCUT2D eigenvalue weighted by Crippen LogP contribution is -2.11. The second kappa shape index (κ2) is 3.84. The summed E-state index contributed by atoms with van der Waals surface area (Å²) in [6.45, 7) is 5.40. The first-order valence-corrected chi connectivity index (χ1v) is 2.27. The topological polar surface area (TPSA) is 35.2 Å². The Bertz CT molecular complexity index is 54.0. The Morgan fingerprint density at radius 3 is 2.71 bits per heavy atom. The lowest BCUT2D eigenvalue weighted by Gasteiger charge is -2.01. The minimum atomic E-state index is 0.109. The highest BCUT2D eigenvalue weighted by Gasteiger charge is 1.91. The molecule has 0 aliphatic heterocycles. The Hall–Kier alpha value is -0.340. The largest absolute Gasteiger partial charge is 0.301 e. The summed E-state index contributed by atoms with van der Waals surface area (Å²) >= 11 is 0. The van der Waals surface area contributed by atoms with Crippen LogP contribution in [0, 0.1) is 0 Å². The average Bonchev–Trinajstić information content (AvgIpc) is 1.68. The molecule has 0 bridgehead atoms. The van der Waals surface area contributed by atoms with Gasteiger partial charge >= 0.3 is 0 Å². The van der Waals surface area contributed by atoms with Gasteiger partial charge in [0.05, 0.1) is 6.10 Å². The van der Waals surface area contributed by atoms with Crippen molar-refractivity contribution in [1.82, 2.24) is 0 Å². The van der Waals surface area contributed by atoms with Crippen LogP contribution in [0.4, 0.5) is 0 Å². The fourth-order valence-corrected chi connectivity index (χ4v) is 0.290. The Kier molecular flexibility index (Phi) is 3.65. The number of nitrogens with two attached hydrogens (primary N) is 1. The van der Waals surface area contributed by atoms with Crippen LogP contribution in [0.25, 0.3) is 0 Å². The van der Waals surface area contributed by atoms with E-state index >= 15 is 0 Å². The van der Waals surface area contributed by atoms with Crippen LogP contribution in [0.2, 0.25) is 0 Å². The summed E-state index contributed by atoms with van der Waals surface area (Å²) in [4.78, 5) is 4.42. The zero-order valence-corrected chi connectivity index (χ0v) is 4.55. The van der Waals surface area contributed by atoms with E-state index in [0.29, 0.717) is 0 Å². The van der Waals surface area contributed by atoms with Gasteiger partial charge in [0, 0.05) is 0 Å². The SMILES string of the molecule is C=CC[C@@H](C)ON. The first-order chi connectivity index (χ1) is 3.31. The molecule has 0 aromatic carbocycles. The molecule has 2 heteroatoms. The minimum Gasteiger partial charge on any atom is -0.301 e. The summed E-state index contributed by atoms with van der Waals surface area (Å²) in [5, 5.41) is 0. The molecule has 0 unspecified atom stereocenters. The van der Waals surface area contributed by atoms with Gasteiger partial charge in [0.15, 0.2) is 0 Å². The Morgan fingerprint density at radius 2 is 2.57 bits per heavy atom. The third-order valence-corrected chi connectivity index (χ3v) is 0.731. The molecular formula is C5H11NO. The van der Waals surface area contributed by atoms with Gasteiger partial charge in [-0.2, -0.15) is 0 Å². The van der Waals surface area contributed by atoms with Gasteiger partial charge in [0.1, 0.15) is 0 Å². The van der Waals surface area contributed by atoms with Crippen LogP contribution in [0.1, 0.15) is 13.3 Å². The van der Waals surface area contributed by atoms with E-state index in [2.05, 4.69) is 11.4 Å². The Balaban J connectivity index is 2.98. The van der Waals surface area contributed by atoms with Crippen molar-refractivity contribution in [2.75, 3.05) is 0 Å². The standard InChI is InChI=1S/C5H11NO/c1-3-4-5(2)7-6/h3,5H,1,4,6H2,2H3/t5-/m1/s1. The predicted molar refractivity (Wildman–Crippen MR) is 29.5 cm³/mol. The highest BCUT2D eigenvalue weighted by molar-refractivity contribution is 4.69. The van der Waals surface area contributed by atoms with E-state index in [4.69, 9.17) is 5.90 Å². The molecule has 2 N–H and O–H groups in total. The lowest BCUT2D eigenvalue weighted by atomic mass is 10.3. The van der Waals surface area contributed by atoms with Crippen molar-refractivity contribution in [2.24, 2.45) is 5.90 Å². The third kappa shape index (κ3) is 3.49. The van der Waals surface area contributed by atoms with Gasteiger partial charge in [-0.1, -0.05) is 6.08 Å². The molecular weight excluding hydrogens is 90.1 g/mol. The molecule has 0 heterocycles. The lowest BCUT2D eigenvalue weighted by molar-refractivity contribution is 0.0690. The van der Waals surface area contributed by atoms with Crippen molar-refractivity contribution in [3.63, 3.8) is 0 Å². The van der Waals surface area contributed by atoms with Gasteiger partial charge < -0.3 is 4.84 Å². The van der Waals surface area contributed by atoms with Crippen molar-refractivity contribution in [3.05, 3.63) is 12.7 Å². The van der Waals surface area contributed by atoms with E-state index < -0.39 is 0 Å². The zero-order chi connectivity index (χ0) is 5.70. The quantitative estimate of drug-likeness (QED) is 0.422. The van der Waals surface area contributed by atoms with E-state index in [0.717, 1.165) is 6.42 Å². The number of hydrogen-bond acceptors (Lipinski definition) is 2. The molecule has 0 saturated carbocycles. The summed E-state index contributed by atoms with van der Waals surface area (Å²) in [5.41, 5.74) is 0. The van der Waals surface area contributed by atoms with Crippen LogP contribution < -0.4 is 5.90 Å². The van der Waals surface area contributed by atoms with Gasteiger partial charge in [-0.05, 0) is 13.3 Å². The average molecular weight is 101 g/mol. The number of hydrogen-bond donors (Lipinski definition) is 1. The molecule has 1 atom stereocenters. The van der Waals surface area contributed by atoms with E-state index in [9.17, 15) is 0 Å². The molecule has 0 amide bonds. The first-order valence-electron chi connectivity index (χ1n) is 2.27. The van der Waals surface area contributed by atoms with E-state index in [1.807, 2.05) is 6.92 Å². The maximum Gasteiger partial charge on any atom is 0.0793 e. The molecule has 0 aliphatic carbocycles. The molecule has 0 saturated heterocycles. The molecule has 0 fully saturated rings. The highest BCUT2D eigenvalue weighted by Crippen LogP contribution is 1.91. The van der Waals surface area contributed by atoms with Crippen molar-refractivity contribution in [2.45, 2.75) is 19.4 Å². The summed E-state index contributed by atoms with van der Waals surface area (Å²) in [6, 6.07) is 0. The number of rotatable bonds is 3. The Morgan fingerprint density at radius 1 is 2.00 bits per heavy atom. The maximum atomic E-state index is 4.81. The second-order valence-electron chi connectivity index (χ2n) is 1.47. The second-order valence-corrected chi connectivity index (χ2v) is 1.47. The maximum absolute atomic E-state index is 4.81. The monoisotopic (exact) mass is 101 g/mol. The molecule has 0 aromatic rings. The van der Waals surface area contributed by atoms with Gasteiger partial charge in [-0.25, -0.2) is 5.90 Å². The van der Waals surface area contributed by atoms with Crippen LogP contribution in [-0.4, -0.2) is 6.10 Å². The van der Waals surface area contributed by atoms with E-state index in [1.165, 1.54) is 0 Å². The van der Waals surface area contributed by atoms with Gasteiger partial charge in [-0.3, -0.25) is 0 Å². The van der Waals surface area contributed by atoms with Crippen LogP contribution in [-0.2, 0) is 4.84 Å². The van der Waals surface area contributed by atoms with Crippen molar-refractivity contribution in [1.29, 1.82) is 0 Å². The van der Waals surface area contributed by atoms with Crippen LogP contribution >= 0.6 is 0 Å². The van der Waals surface area contributed by atoms with Crippen molar-refractivity contribution >= 4 is 0 Å².